The molecule has 0 saturated heterocycles. The van der Waals surface area contributed by atoms with Gasteiger partial charge in [0, 0.05) is 18.4 Å². The molecule has 9 nitrogen and oxygen atoms in total. The number of carbonyl (C=O) groups excluding carboxylic acids is 2. The first-order chi connectivity index (χ1) is 10.6. The van der Waals surface area contributed by atoms with Crippen molar-refractivity contribution in [3.05, 3.63) is 23.3 Å². The largest absolute Gasteiger partial charge is 0.463 e. The van der Waals surface area contributed by atoms with Crippen molar-refractivity contribution in [2.45, 2.75) is 19.8 Å². The van der Waals surface area contributed by atoms with Crippen molar-refractivity contribution in [1.29, 1.82) is 0 Å². The Bertz CT molecular complexity index is 697. The van der Waals surface area contributed by atoms with E-state index in [0.717, 1.165) is 4.52 Å². The van der Waals surface area contributed by atoms with E-state index in [1.54, 1.807) is 6.92 Å². The third kappa shape index (κ3) is 3.03. The molecule has 0 atom stereocenters. The quantitative estimate of drug-likeness (QED) is 0.742. The van der Waals surface area contributed by atoms with Gasteiger partial charge in [-0.15, -0.1) is 5.10 Å². The van der Waals surface area contributed by atoms with E-state index < -0.39 is 11.9 Å². The van der Waals surface area contributed by atoms with E-state index in [1.807, 2.05) is 0 Å². The number of aliphatic hydroxyl groups is 1. The van der Waals surface area contributed by atoms with Crippen LogP contribution in [-0.2, 0) is 15.9 Å². The third-order valence-corrected chi connectivity index (χ3v) is 2.88. The molecule has 2 aromatic rings. The Morgan fingerprint density at radius 2 is 2.14 bits per heavy atom. The number of aromatic nitrogens is 4. The molecule has 9 heteroatoms. The van der Waals surface area contributed by atoms with Gasteiger partial charge in [0.25, 0.3) is 11.6 Å². The smallest absolute Gasteiger partial charge is 0.378 e. The first-order valence-electron chi connectivity index (χ1n) is 6.73. The summed E-state index contributed by atoms with van der Waals surface area (Å²) in [6, 6.07) is 0. The number of fused-ring (bicyclic) bond motifs is 1. The first-order valence-corrected chi connectivity index (χ1v) is 6.73. The summed E-state index contributed by atoms with van der Waals surface area (Å²) in [5.41, 5.74) is 0.698. The number of nitrogens with zero attached hydrogens (tertiary/aromatic N) is 4. The fourth-order valence-electron chi connectivity index (χ4n) is 1.92. The zero-order valence-corrected chi connectivity index (χ0v) is 12.3. The Morgan fingerprint density at radius 1 is 1.36 bits per heavy atom. The van der Waals surface area contributed by atoms with Crippen molar-refractivity contribution in [2.75, 3.05) is 20.3 Å². The maximum atomic E-state index is 12.2. The Labute approximate surface area is 125 Å². The SMILES string of the molecule is CCOC(=O)c1c(CCCO)cnc2nc(C(=O)OC)nn12. The maximum Gasteiger partial charge on any atom is 0.378 e. The van der Waals surface area contributed by atoms with Crippen LogP contribution in [0.15, 0.2) is 6.20 Å². The molecule has 22 heavy (non-hydrogen) atoms. The predicted octanol–water partition coefficient (Wildman–Crippen LogP) is 0.0125. The van der Waals surface area contributed by atoms with Gasteiger partial charge < -0.3 is 14.6 Å². The van der Waals surface area contributed by atoms with Gasteiger partial charge in [-0.05, 0) is 19.8 Å². The molecule has 0 fully saturated rings. The van der Waals surface area contributed by atoms with E-state index in [0.29, 0.717) is 18.4 Å². The zero-order chi connectivity index (χ0) is 16.1. The monoisotopic (exact) mass is 308 g/mol. The Hall–Kier alpha value is -2.55. The number of carbonyl (C=O) groups is 2. The average Bonchev–Trinajstić information content (AvgIpc) is 2.95. The second-order valence-electron chi connectivity index (χ2n) is 4.32. The van der Waals surface area contributed by atoms with Crippen molar-refractivity contribution in [3.63, 3.8) is 0 Å². The lowest BCUT2D eigenvalue weighted by Gasteiger charge is -2.08. The van der Waals surface area contributed by atoms with Gasteiger partial charge in [0.15, 0.2) is 5.69 Å². The van der Waals surface area contributed by atoms with Crippen molar-refractivity contribution >= 4 is 17.7 Å². The lowest BCUT2D eigenvalue weighted by molar-refractivity contribution is 0.0511. The molecule has 1 N–H and O–H groups in total. The summed E-state index contributed by atoms with van der Waals surface area (Å²) >= 11 is 0. The van der Waals surface area contributed by atoms with Crippen LogP contribution in [0, 0.1) is 0 Å². The van der Waals surface area contributed by atoms with E-state index in [1.165, 1.54) is 13.3 Å². The van der Waals surface area contributed by atoms with E-state index in [-0.39, 0.29) is 30.5 Å². The highest BCUT2D eigenvalue weighted by Crippen LogP contribution is 2.14. The van der Waals surface area contributed by atoms with E-state index in [4.69, 9.17) is 9.84 Å². The third-order valence-electron chi connectivity index (χ3n) is 2.88. The molecular formula is C13H16N4O5. The van der Waals surface area contributed by atoms with Crippen LogP contribution in [0.2, 0.25) is 0 Å². The maximum absolute atomic E-state index is 12.2. The molecular weight excluding hydrogens is 292 g/mol. The van der Waals surface area contributed by atoms with Crippen molar-refractivity contribution < 1.29 is 24.2 Å². The molecule has 2 aromatic heterocycles. The average molecular weight is 308 g/mol. The fourth-order valence-corrected chi connectivity index (χ4v) is 1.92. The Balaban J connectivity index is 2.57. The van der Waals surface area contributed by atoms with Crippen LogP contribution in [-0.4, -0.2) is 57.0 Å². The molecule has 0 aromatic carbocycles. The lowest BCUT2D eigenvalue weighted by Crippen LogP contribution is -2.16. The summed E-state index contributed by atoms with van der Waals surface area (Å²) in [6.45, 7) is 1.86. The van der Waals surface area contributed by atoms with E-state index in [2.05, 4.69) is 19.8 Å². The van der Waals surface area contributed by atoms with Crippen LogP contribution < -0.4 is 0 Å². The topological polar surface area (TPSA) is 116 Å². The normalized spacial score (nSPS) is 10.7. The zero-order valence-electron chi connectivity index (χ0n) is 12.3. The van der Waals surface area contributed by atoms with Gasteiger partial charge in [0.05, 0.1) is 13.7 Å². The summed E-state index contributed by atoms with van der Waals surface area (Å²) in [5.74, 6) is -1.42. The minimum atomic E-state index is -0.725. The van der Waals surface area contributed by atoms with Gasteiger partial charge in [0.1, 0.15) is 0 Å². The van der Waals surface area contributed by atoms with Crippen LogP contribution in [0.3, 0.4) is 0 Å². The summed E-state index contributed by atoms with van der Waals surface area (Å²) in [5, 5.41) is 12.9. The predicted molar refractivity (Wildman–Crippen MR) is 73.5 cm³/mol. The van der Waals surface area contributed by atoms with Crippen molar-refractivity contribution in [2.24, 2.45) is 0 Å². The van der Waals surface area contributed by atoms with Crippen molar-refractivity contribution in [1.82, 2.24) is 19.6 Å². The Morgan fingerprint density at radius 3 is 2.77 bits per heavy atom. The second kappa shape index (κ2) is 6.94. The molecule has 0 aliphatic heterocycles. The number of hydrogen-bond donors (Lipinski definition) is 1. The van der Waals surface area contributed by atoms with Gasteiger partial charge in [-0.2, -0.15) is 9.50 Å². The summed E-state index contributed by atoms with van der Waals surface area (Å²) < 4.78 is 10.7. The molecule has 0 spiro atoms. The minimum Gasteiger partial charge on any atom is -0.463 e. The van der Waals surface area contributed by atoms with Crippen molar-refractivity contribution in [3.8, 4) is 0 Å². The van der Waals surface area contributed by atoms with Gasteiger partial charge >= 0.3 is 11.9 Å². The lowest BCUT2D eigenvalue weighted by atomic mass is 10.1. The number of ether oxygens (including phenoxy) is 2. The van der Waals surface area contributed by atoms with Gasteiger partial charge in [-0.1, -0.05) is 0 Å². The number of esters is 2. The second-order valence-corrected chi connectivity index (χ2v) is 4.32. The van der Waals surface area contributed by atoms with Crippen LogP contribution in [0.25, 0.3) is 5.78 Å². The van der Waals surface area contributed by atoms with Crippen LogP contribution in [0.1, 0.15) is 40.0 Å². The van der Waals surface area contributed by atoms with Crippen LogP contribution in [0.5, 0.6) is 0 Å². The van der Waals surface area contributed by atoms with E-state index >= 15 is 0 Å². The number of rotatable bonds is 6. The molecule has 2 heterocycles. The summed E-state index contributed by atoms with van der Waals surface area (Å²) in [4.78, 5) is 31.7. The highest BCUT2D eigenvalue weighted by atomic mass is 16.5. The number of aryl methyl sites for hydroxylation is 1. The minimum absolute atomic E-state index is 0.0227. The molecule has 0 amide bonds. The molecule has 0 unspecified atom stereocenters. The van der Waals surface area contributed by atoms with Crippen LogP contribution in [0.4, 0.5) is 0 Å². The van der Waals surface area contributed by atoms with E-state index in [9.17, 15) is 9.59 Å². The molecule has 118 valence electrons. The number of aliphatic hydroxyl groups excluding tert-OH is 1. The molecule has 0 radical (unpaired) electrons. The highest BCUT2D eigenvalue weighted by Gasteiger charge is 2.22. The van der Waals surface area contributed by atoms with Gasteiger partial charge in [0.2, 0.25) is 0 Å². The molecule has 0 bridgehead atoms. The molecule has 2 rings (SSSR count). The van der Waals surface area contributed by atoms with Gasteiger partial charge in [-0.25, -0.2) is 14.6 Å². The van der Waals surface area contributed by atoms with Gasteiger partial charge in [-0.3, -0.25) is 0 Å². The fraction of sp³-hybridized carbons (Fsp3) is 0.462. The number of hydrogen-bond acceptors (Lipinski definition) is 8. The Kier molecular flexibility index (Phi) is 4.99. The highest BCUT2D eigenvalue weighted by molar-refractivity contribution is 5.90. The van der Waals surface area contributed by atoms with Crippen LogP contribution >= 0.6 is 0 Å². The number of methoxy groups -OCH3 is 1. The summed E-state index contributed by atoms with van der Waals surface area (Å²) in [7, 11) is 1.21. The molecule has 0 aliphatic rings. The molecule has 0 aliphatic carbocycles. The summed E-state index contributed by atoms with van der Waals surface area (Å²) in [6.07, 6.45) is 2.34. The molecule has 0 saturated carbocycles. The standard InChI is InChI=1S/C13H16N4O5/c1-3-22-11(19)9-8(5-4-6-18)7-14-13-15-10(12(20)21-2)16-17(9)13/h7,18H,3-6H2,1-2H3. The first kappa shape index (κ1) is 15.8.